The smallest absolute Gasteiger partial charge is 0.410 e. The fraction of sp³-hybridized carbons (Fsp3) is 0.562. The fourth-order valence-electron chi connectivity index (χ4n) is 3.26. The molecule has 1 spiro atoms. The van der Waals surface area contributed by atoms with Gasteiger partial charge in [-0.1, -0.05) is 30.3 Å². The number of hydrogen-bond acceptors (Lipinski definition) is 3. The van der Waals surface area contributed by atoms with Crippen LogP contribution in [0.5, 0.6) is 0 Å². The summed E-state index contributed by atoms with van der Waals surface area (Å²) < 4.78 is 33.7. The first-order valence-electron chi connectivity index (χ1n) is 7.57. The zero-order valence-electron chi connectivity index (χ0n) is 12.4. The molecule has 1 atom stereocenters. The number of nitrogens with zero attached hydrogens (tertiary/aromatic N) is 1. The summed E-state index contributed by atoms with van der Waals surface area (Å²) in [6.45, 7) is 1.09. The van der Waals surface area contributed by atoms with Crippen LogP contribution < -0.4 is 5.32 Å². The Kier molecular flexibility index (Phi) is 4.04. The van der Waals surface area contributed by atoms with E-state index >= 15 is 0 Å². The molecular weight excluding hydrogens is 290 g/mol. The van der Waals surface area contributed by atoms with Gasteiger partial charge < -0.3 is 15.0 Å². The predicted octanol–water partition coefficient (Wildman–Crippen LogP) is 2.64. The van der Waals surface area contributed by atoms with Crippen LogP contribution >= 0.6 is 0 Å². The van der Waals surface area contributed by atoms with Gasteiger partial charge in [0.2, 0.25) is 0 Å². The SMILES string of the molecule is O=C(OCc1ccccc1)N1CCC(F)(F)C2(CCNC2)C1. The van der Waals surface area contributed by atoms with E-state index < -0.39 is 17.4 Å². The Balaban J connectivity index is 1.62. The average molecular weight is 310 g/mol. The molecule has 0 aliphatic carbocycles. The molecule has 1 N–H and O–H groups in total. The maximum absolute atomic E-state index is 14.2. The van der Waals surface area contributed by atoms with Crippen LogP contribution in [0.2, 0.25) is 0 Å². The van der Waals surface area contributed by atoms with Crippen LogP contribution in [0.25, 0.3) is 0 Å². The van der Waals surface area contributed by atoms with E-state index in [2.05, 4.69) is 5.32 Å². The molecule has 1 aromatic rings. The maximum Gasteiger partial charge on any atom is 0.410 e. The maximum atomic E-state index is 14.2. The molecule has 1 unspecified atom stereocenters. The molecule has 4 nitrogen and oxygen atoms in total. The highest BCUT2D eigenvalue weighted by Gasteiger charge is 2.58. The summed E-state index contributed by atoms with van der Waals surface area (Å²) in [4.78, 5) is 13.6. The molecule has 1 aromatic carbocycles. The molecule has 1 amide bonds. The molecule has 120 valence electrons. The zero-order chi connectivity index (χ0) is 15.6. The van der Waals surface area contributed by atoms with E-state index in [1.807, 2.05) is 30.3 Å². The van der Waals surface area contributed by atoms with Gasteiger partial charge in [-0.15, -0.1) is 0 Å². The highest BCUT2D eigenvalue weighted by atomic mass is 19.3. The van der Waals surface area contributed by atoms with Crippen molar-refractivity contribution in [2.75, 3.05) is 26.2 Å². The number of carbonyl (C=O) groups is 1. The second-order valence-corrected chi connectivity index (χ2v) is 6.12. The molecule has 2 saturated heterocycles. The lowest BCUT2D eigenvalue weighted by Crippen LogP contribution is -2.58. The van der Waals surface area contributed by atoms with Crippen molar-refractivity contribution in [1.82, 2.24) is 10.2 Å². The van der Waals surface area contributed by atoms with Crippen LogP contribution in [0.3, 0.4) is 0 Å². The number of piperidine rings is 1. The van der Waals surface area contributed by atoms with Crippen molar-refractivity contribution in [3.63, 3.8) is 0 Å². The van der Waals surface area contributed by atoms with Gasteiger partial charge in [0.05, 0.1) is 5.41 Å². The van der Waals surface area contributed by atoms with Crippen molar-refractivity contribution in [1.29, 1.82) is 0 Å². The number of rotatable bonds is 2. The molecule has 3 rings (SSSR count). The van der Waals surface area contributed by atoms with Gasteiger partial charge in [-0.25, -0.2) is 13.6 Å². The first-order chi connectivity index (χ1) is 10.5. The summed E-state index contributed by atoms with van der Waals surface area (Å²) in [7, 11) is 0. The molecule has 22 heavy (non-hydrogen) atoms. The quantitative estimate of drug-likeness (QED) is 0.913. The zero-order valence-corrected chi connectivity index (χ0v) is 12.4. The Labute approximate surface area is 128 Å². The normalized spacial score (nSPS) is 27.1. The second-order valence-electron chi connectivity index (χ2n) is 6.12. The lowest BCUT2D eigenvalue weighted by Gasteiger charge is -2.45. The van der Waals surface area contributed by atoms with Crippen LogP contribution in [0.4, 0.5) is 13.6 Å². The lowest BCUT2D eigenvalue weighted by molar-refractivity contribution is -0.153. The monoisotopic (exact) mass is 310 g/mol. The first kappa shape index (κ1) is 15.2. The number of amides is 1. The fourth-order valence-corrected chi connectivity index (χ4v) is 3.26. The van der Waals surface area contributed by atoms with Crippen molar-refractivity contribution in [3.8, 4) is 0 Å². The topological polar surface area (TPSA) is 41.6 Å². The second kappa shape index (κ2) is 5.83. The summed E-state index contributed by atoms with van der Waals surface area (Å²) in [5.74, 6) is -2.73. The molecule has 2 heterocycles. The number of nitrogens with one attached hydrogen (secondary N) is 1. The van der Waals surface area contributed by atoms with Gasteiger partial charge in [-0.2, -0.15) is 0 Å². The molecular formula is C16H20F2N2O2. The van der Waals surface area contributed by atoms with Gasteiger partial charge in [0.15, 0.2) is 0 Å². The highest BCUT2D eigenvalue weighted by molar-refractivity contribution is 5.68. The Morgan fingerprint density at radius 3 is 2.73 bits per heavy atom. The summed E-state index contributed by atoms with van der Waals surface area (Å²) in [6, 6.07) is 9.34. The number of carbonyl (C=O) groups excluding carboxylic acids is 1. The van der Waals surface area contributed by atoms with Gasteiger partial charge in [-0.05, 0) is 18.5 Å². The number of likely N-dealkylation sites (tertiary alicyclic amines) is 1. The lowest BCUT2D eigenvalue weighted by atomic mass is 9.76. The van der Waals surface area contributed by atoms with Crippen molar-refractivity contribution in [3.05, 3.63) is 35.9 Å². The minimum Gasteiger partial charge on any atom is -0.445 e. The van der Waals surface area contributed by atoms with Crippen LogP contribution in [-0.4, -0.2) is 43.1 Å². The van der Waals surface area contributed by atoms with Crippen LogP contribution in [0, 0.1) is 5.41 Å². The van der Waals surface area contributed by atoms with E-state index in [4.69, 9.17) is 4.74 Å². The third kappa shape index (κ3) is 2.79. The number of halogens is 2. The number of hydrogen-bond donors (Lipinski definition) is 1. The molecule has 0 radical (unpaired) electrons. The van der Waals surface area contributed by atoms with Gasteiger partial charge in [0, 0.05) is 26.1 Å². The Hall–Kier alpha value is -1.69. The minimum absolute atomic E-state index is 0.0440. The third-order valence-electron chi connectivity index (χ3n) is 4.67. The molecule has 0 saturated carbocycles. The van der Waals surface area contributed by atoms with E-state index in [0.29, 0.717) is 13.0 Å². The Bertz CT molecular complexity index is 530. The van der Waals surface area contributed by atoms with E-state index in [1.165, 1.54) is 4.90 Å². The van der Waals surface area contributed by atoms with Gasteiger partial charge in [-0.3, -0.25) is 0 Å². The van der Waals surface area contributed by atoms with Crippen molar-refractivity contribution < 1.29 is 18.3 Å². The van der Waals surface area contributed by atoms with E-state index in [9.17, 15) is 13.6 Å². The number of alkyl halides is 2. The van der Waals surface area contributed by atoms with Crippen molar-refractivity contribution in [2.24, 2.45) is 5.41 Å². The first-order valence-corrected chi connectivity index (χ1v) is 7.57. The van der Waals surface area contributed by atoms with Crippen molar-refractivity contribution in [2.45, 2.75) is 25.4 Å². The van der Waals surface area contributed by atoms with Gasteiger partial charge >= 0.3 is 6.09 Å². The molecule has 6 heteroatoms. The summed E-state index contributed by atoms with van der Waals surface area (Å²) in [6.07, 6.45) is -0.414. The molecule has 2 fully saturated rings. The summed E-state index contributed by atoms with van der Waals surface area (Å²) >= 11 is 0. The average Bonchev–Trinajstić information content (AvgIpc) is 2.99. The van der Waals surface area contributed by atoms with Gasteiger partial charge in [0.25, 0.3) is 5.92 Å². The third-order valence-corrected chi connectivity index (χ3v) is 4.67. The minimum atomic E-state index is -2.73. The van der Waals surface area contributed by atoms with Crippen LogP contribution in [0.1, 0.15) is 18.4 Å². The molecule has 2 aliphatic heterocycles. The largest absolute Gasteiger partial charge is 0.445 e. The highest BCUT2D eigenvalue weighted by Crippen LogP contribution is 2.47. The van der Waals surface area contributed by atoms with E-state index in [-0.39, 0.29) is 32.7 Å². The summed E-state index contributed by atoms with van der Waals surface area (Å²) in [5.41, 5.74) is -0.257. The molecule has 0 aromatic heterocycles. The summed E-state index contributed by atoms with van der Waals surface area (Å²) in [5, 5.41) is 3.00. The van der Waals surface area contributed by atoms with Crippen LogP contribution in [0.15, 0.2) is 30.3 Å². The van der Waals surface area contributed by atoms with Crippen molar-refractivity contribution >= 4 is 6.09 Å². The molecule has 2 aliphatic rings. The van der Waals surface area contributed by atoms with E-state index in [1.54, 1.807) is 0 Å². The standard InChI is InChI=1S/C16H20F2N2O2/c17-16(18)7-9-20(12-15(16)6-8-19-11-15)14(21)22-10-13-4-2-1-3-5-13/h1-5,19H,6-12H2. The number of ether oxygens (including phenoxy) is 1. The van der Waals surface area contributed by atoms with Crippen LogP contribution in [-0.2, 0) is 11.3 Å². The Morgan fingerprint density at radius 1 is 1.27 bits per heavy atom. The predicted molar refractivity (Wildman–Crippen MR) is 77.7 cm³/mol. The Morgan fingerprint density at radius 2 is 2.05 bits per heavy atom. The number of benzene rings is 1. The van der Waals surface area contributed by atoms with E-state index in [0.717, 1.165) is 5.56 Å². The van der Waals surface area contributed by atoms with Gasteiger partial charge in [0.1, 0.15) is 6.61 Å². The molecule has 0 bridgehead atoms.